The standard InChI is InChI=1S/C6H5F.2BrH.Ca/c7-6-4-2-1-3-5-6;;;/h1-5H;2*1H;/q;;;+2/p-2. The molecule has 52 valence electrons. The molecular weight excluding hydrogens is 291 g/mol. The number of hydrogen-bond donors (Lipinski definition) is 0. The Balaban J connectivity index is -0.000000163. The fourth-order valence-corrected chi connectivity index (χ4v) is 0.415. The summed E-state index contributed by atoms with van der Waals surface area (Å²) in [7, 11) is 0. The molecular formula is C6H5Br2CaF. The normalized spacial score (nSPS) is 6.10. The summed E-state index contributed by atoms with van der Waals surface area (Å²) in [6.45, 7) is 0. The van der Waals surface area contributed by atoms with Gasteiger partial charge in [-0.05, 0) is 12.1 Å². The molecule has 1 aromatic carbocycles. The zero-order valence-corrected chi connectivity index (χ0v) is 10.6. The molecule has 0 fully saturated rings. The van der Waals surface area contributed by atoms with Gasteiger partial charge < -0.3 is 34.0 Å². The van der Waals surface area contributed by atoms with Crippen LogP contribution in [0.5, 0.6) is 0 Å². The maximum Gasteiger partial charge on any atom is 2.00 e. The van der Waals surface area contributed by atoms with Crippen LogP contribution in [0.4, 0.5) is 4.39 Å². The molecule has 0 heterocycles. The maximum absolute atomic E-state index is 11.9. The second kappa shape index (κ2) is 10.4. The predicted octanol–water partition coefficient (Wildman–Crippen LogP) is -4.55. The molecule has 10 heavy (non-hydrogen) atoms. The molecule has 1 rings (SSSR count). The van der Waals surface area contributed by atoms with E-state index in [1.807, 2.05) is 0 Å². The van der Waals surface area contributed by atoms with Gasteiger partial charge in [-0.15, -0.1) is 0 Å². The van der Waals surface area contributed by atoms with E-state index in [0.717, 1.165) is 0 Å². The Bertz CT molecular complexity index is 146. The first-order chi connectivity index (χ1) is 3.39. The van der Waals surface area contributed by atoms with Gasteiger partial charge in [-0.2, -0.15) is 0 Å². The molecule has 0 aliphatic carbocycles. The van der Waals surface area contributed by atoms with E-state index in [0.29, 0.717) is 0 Å². The van der Waals surface area contributed by atoms with Crippen LogP contribution >= 0.6 is 0 Å². The van der Waals surface area contributed by atoms with Gasteiger partial charge in [0.25, 0.3) is 0 Å². The van der Waals surface area contributed by atoms with Gasteiger partial charge in [0.05, 0.1) is 0 Å². The van der Waals surface area contributed by atoms with Gasteiger partial charge in [-0.25, -0.2) is 4.39 Å². The van der Waals surface area contributed by atoms with Crippen LogP contribution in [0.2, 0.25) is 0 Å². The van der Waals surface area contributed by atoms with Crippen LogP contribution in [0.1, 0.15) is 0 Å². The summed E-state index contributed by atoms with van der Waals surface area (Å²) in [4.78, 5) is 0. The van der Waals surface area contributed by atoms with Gasteiger partial charge in [0.15, 0.2) is 0 Å². The largest absolute Gasteiger partial charge is 2.00 e. The summed E-state index contributed by atoms with van der Waals surface area (Å²) < 4.78 is 11.9. The minimum atomic E-state index is -0.178. The Morgan fingerprint density at radius 2 is 1.30 bits per heavy atom. The third-order valence-corrected chi connectivity index (χ3v) is 0.733. The quantitative estimate of drug-likeness (QED) is 0.423. The Morgan fingerprint density at radius 3 is 1.50 bits per heavy atom. The average molecular weight is 296 g/mol. The Hall–Kier alpha value is 1.37. The van der Waals surface area contributed by atoms with Gasteiger partial charge >= 0.3 is 37.7 Å². The van der Waals surface area contributed by atoms with Crippen LogP contribution < -0.4 is 34.0 Å². The number of hydrogen-bond acceptors (Lipinski definition) is 0. The van der Waals surface area contributed by atoms with E-state index in [4.69, 9.17) is 0 Å². The number of halogens is 3. The molecule has 0 aliphatic heterocycles. The van der Waals surface area contributed by atoms with Crippen molar-refractivity contribution in [3.05, 3.63) is 36.1 Å². The monoisotopic (exact) mass is 294 g/mol. The van der Waals surface area contributed by atoms with E-state index in [1.165, 1.54) is 12.1 Å². The minimum absolute atomic E-state index is 0. The summed E-state index contributed by atoms with van der Waals surface area (Å²) in [5.74, 6) is -0.178. The average Bonchev–Trinajstić information content (AvgIpc) is 1.69. The third kappa shape index (κ3) is 7.48. The van der Waals surface area contributed by atoms with Crippen LogP contribution in [0.25, 0.3) is 0 Å². The van der Waals surface area contributed by atoms with Crippen molar-refractivity contribution in [1.29, 1.82) is 0 Å². The first-order valence-electron chi connectivity index (χ1n) is 2.10. The molecule has 0 saturated heterocycles. The molecule has 0 unspecified atom stereocenters. The van der Waals surface area contributed by atoms with Crippen LogP contribution in [0.3, 0.4) is 0 Å². The molecule has 0 bridgehead atoms. The van der Waals surface area contributed by atoms with Crippen LogP contribution in [0.15, 0.2) is 30.3 Å². The molecule has 0 radical (unpaired) electrons. The SMILES string of the molecule is Fc1ccccc1.[Br-].[Br-].[Ca+2]. The van der Waals surface area contributed by atoms with Crippen molar-refractivity contribution in [2.75, 3.05) is 0 Å². The molecule has 0 aliphatic rings. The molecule has 0 atom stereocenters. The molecule has 0 saturated carbocycles. The second-order valence-electron chi connectivity index (χ2n) is 1.30. The van der Waals surface area contributed by atoms with Crippen molar-refractivity contribution in [2.45, 2.75) is 0 Å². The topological polar surface area (TPSA) is 0 Å². The van der Waals surface area contributed by atoms with Gasteiger partial charge in [0.2, 0.25) is 0 Å². The van der Waals surface area contributed by atoms with Crippen LogP contribution in [-0.4, -0.2) is 37.7 Å². The fourth-order valence-electron chi connectivity index (χ4n) is 0.415. The summed E-state index contributed by atoms with van der Waals surface area (Å²) in [6.07, 6.45) is 0. The fraction of sp³-hybridized carbons (Fsp3) is 0. The molecule has 1 aromatic rings. The predicted molar refractivity (Wildman–Crippen MR) is 32.2 cm³/mol. The molecule has 0 aromatic heterocycles. The van der Waals surface area contributed by atoms with Crippen molar-refractivity contribution in [3.8, 4) is 0 Å². The van der Waals surface area contributed by atoms with Crippen molar-refractivity contribution in [3.63, 3.8) is 0 Å². The Kier molecular flexibility index (Phi) is 18.1. The van der Waals surface area contributed by atoms with Crippen LogP contribution in [0, 0.1) is 5.82 Å². The molecule has 0 nitrogen and oxygen atoms in total. The first-order valence-corrected chi connectivity index (χ1v) is 2.10. The van der Waals surface area contributed by atoms with Gasteiger partial charge in [0, 0.05) is 0 Å². The zero-order valence-electron chi connectivity index (χ0n) is 5.23. The number of rotatable bonds is 0. The maximum atomic E-state index is 11.9. The van der Waals surface area contributed by atoms with E-state index in [9.17, 15) is 4.39 Å². The van der Waals surface area contributed by atoms with Crippen molar-refractivity contribution >= 4 is 37.7 Å². The summed E-state index contributed by atoms with van der Waals surface area (Å²) >= 11 is 0. The Morgan fingerprint density at radius 1 is 0.900 bits per heavy atom. The summed E-state index contributed by atoms with van der Waals surface area (Å²) in [5, 5.41) is 0. The van der Waals surface area contributed by atoms with Crippen molar-refractivity contribution in [1.82, 2.24) is 0 Å². The van der Waals surface area contributed by atoms with Crippen molar-refractivity contribution in [2.24, 2.45) is 0 Å². The molecule has 0 N–H and O–H groups in total. The van der Waals surface area contributed by atoms with Gasteiger partial charge in [-0.1, -0.05) is 18.2 Å². The van der Waals surface area contributed by atoms with E-state index in [2.05, 4.69) is 0 Å². The van der Waals surface area contributed by atoms with E-state index in [1.54, 1.807) is 18.2 Å². The molecule has 0 amide bonds. The summed E-state index contributed by atoms with van der Waals surface area (Å²) in [6, 6.07) is 7.94. The number of benzene rings is 1. The first kappa shape index (κ1) is 17.5. The van der Waals surface area contributed by atoms with E-state index < -0.39 is 0 Å². The van der Waals surface area contributed by atoms with Gasteiger partial charge in [-0.3, -0.25) is 0 Å². The molecule has 4 heteroatoms. The minimum Gasteiger partial charge on any atom is -1.00 e. The van der Waals surface area contributed by atoms with Crippen molar-refractivity contribution < 1.29 is 38.4 Å². The van der Waals surface area contributed by atoms with Crippen LogP contribution in [-0.2, 0) is 0 Å². The van der Waals surface area contributed by atoms with Gasteiger partial charge in [0.1, 0.15) is 5.82 Å². The van der Waals surface area contributed by atoms with E-state index >= 15 is 0 Å². The molecule has 0 spiro atoms. The van der Waals surface area contributed by atoms with E-state index in [-0.39, 0.29) is 77.5 Å². The Labute approximate surface area is 111 Å². The third-order valence-electron chi connectivity index (χ3n) is 0.733. The second-order valence-corrected chi connectivity index (χ2v) is 1.30. The summed E-state index contributed by atoms with van der Waals surface area (Å²) in [5.41, 5.74) is 0. The smallest absolute Gasteiger partial charge is 1.00 e. The zero-order chi connectivity index (χ0) is 5.11.